The van der Waals surface area contributed by atoms with Crippen molar-refractivity contribution >= 4 is 46.2 Å². The number of benzene rings is 1. The lowest BCUT2D eigenvalue weighted by Gasteiger charge is -2.06. The standard InChI is InChI=1S/C13H9Cl2NO2/c1-7-4-9(2-3-12(17)18)16-11-6-8(14)5-10(15)13(7)11/h2-6H,1H3,(H,17,18)/b3-2+. The van der Waals surface area contributed by atoms with Gasteiger partial charge < -0.3 is 5.11 Å². The number of hydrogen-bond acceptors (Lipinski definition) is 2. The van der Waals surface area contributed by atoms with E-state index in [9.17, 15) is 4.79 Å². The molecule has 0 spiro atoms. The Morgan fingerprint density at radius 2 is 2.06 bits per heavy atom. The maximum absolute atomic E-state index is 10.5. The lowest BCUT2D eigenvalue weighted by molar-refractivity contribution is -0.131. The number of carboxylic acid groups (broad SMARTS) is 1. The normalized spacial score (nSPS) is 11.3. The van der Waals surface area contributed by atoms with Gasteiger partial charge in [-0.15, -0.1) is 0 Å². The maximum Gasteiger partial charge on any atom is 0.328 e. The smallest absolute Gasteiger partial charge is 0.328 e. The molecule has 3 nitrogen and oxygen atoms in total. The molecule has 92 valence electrons. The van der Waals surface area contributed by atoms with Crippen LogP contribution in [0.5, 0.6) is 0 Å². The van der Waals surface area contributed by atoms with Crippen LogP contribution in [0.2, 0.25) is 10.0 Å². The molecule has 0 aliphatic rings. The van der Waals surface area contributed by atoms with Gasteiger partial charge in [0.1, 0.15) is 0 Å². The summed E-state index contributed by atoms with van der Waals surface area (Å²) in [6.45, 7) is 1.89. The van der Waals surface area contributed by atoms with E-state index in [1.807, 2.05) is 6.92 Å². The molecule has 1 N–H and O–H groups in total. The van der Waals surface area contributed by atoms with Crippen LogP contribution < -0.4 is 0 Å². The fourth-order valence-corrected chi connectivity index (χ4v) is 2.38. The number of nitrogens with zero attached hydrogens (tertiary/aromatic N) is 1. The summed E-state index contributed by atoms with van der Waals surface area (Å²) in [7, 11) is 0. The third-order valence-electron chi connectivity index (χ3n) is 2.44. The highest BCUT2D eigenvalue weighted by molar-refractivity contribution is 6.38. The predicted molar refractivity (Wildman–Crippen MR) is 73.2 cm³/mol. The molecule has 1 heterocycles. The molecule has 2 aromatic rings. The van der Waals surface area contributed by atoms with E-state index in [0.717, 1.165) is 17.0 Å². The van der Waals surface area contributed by atoms with Crippen molar-refractivity contribution < 1.29 is 9.90 Å². The van der Waals surface area contributed by atoms with Gasteiger partial charge in [0, 0.05) is 16.5 Å². The minimum Gasteiger partial charge on any atom is -0.478 e. The van der Waals surface area contributed by atoms with Crippen molar-refractivity contribution in [2.45, 2.75) is 6.92 Å². The van der Waals surface area contributed by atoms with E-state index in [0.29, 0.717) is 21.3 Å². The molecule has 0 atom stereocenters. The summed E-state index contributed by atoms with van der Waals surface area (Å²) in [6.07, 6.45) is 2.48. The van der Waals surface area contributed by atoms with E-state index in [2.05, 4.69) is 4.98 Å². The molecule has 2 rings (SSSR count). The quantitative estimate of drug-likeness (QED) is 0.848. The molecular formula is C13H9Cl2NO2. The highest BCUT2D eigenvalue weighted by Crippen LogP contribution is 2.29. The Kier molecular flexibility index (Phi) is 3.55. The predicted octanol–water partition coefficient (Wildman–Crippen LogP) is 3.95. The molecule has 0 fully saturated rings. The van der Waals surface area contributed by atoms with Crippen LogP contribution >= 0.6 is 23.2 Å². The maximum atomic E-state index is 10.5. The summed E-state index contributed by atoms with van der Waals surface area (Å²) in [6, 6.07) is 5.14. The van der Waals surface area contributed by atoms with Crippen LogP contribution in [-0.2, 0) is 4.79 Å². The molecule has 18 heavy (non-hydrogen) atoms. The van der Waals surface area contributed by atoms with Gasteiger partial charge >= 0.3 is 5.97 Å². The second-order valence-corrected chi connectivity index (χ2v) is 4.66. The van der Waals surface area contributed by atoms with Gasteiger partial charge in [0.05, 0.1) is 16.2 Å². The van der Waals surface area contributed by atoms with Crippen LogP contribution in [0.3, 0.4) is 0 Å². The third kappa shape index (κ3) is 2.63. The van der Waals surface area contributed by atoms with Crippen molar-refractivity contribution in [3.63, 3.8) is 0 Å². The number of aliphatic carboxylic acids is 1. The van der Waals surface area contributed by atoms with Crippen LogP contribution in [0.1, 0.15) is 11.3 Å². The molecule has 0 aliphatic heterocycles. The van der Waals surface area contributed by atoms with Crippen molar-refractivity contribution in [3.05, 3.63) is 45.6 Å². The Bertz CT molecular complexity index is 666. The van der Waals surface area contributed by atoms with Crippen molar-refractivity contribution in [1.29, 1.82) is 0 Å². The minimum atomic E-state index is -1.02. The van der Waals surface area contributed by atoms with E-state index in [1.165, 1.54) is 6.08 Å². The number of hydrogen-bond donors (Lipinski definition) is 1. The first-order valence-corrected chi connectivity index (χ1v) is 5.90. The number of aromatic nitrogens is 1. The molecule has 5 heteroatoms. The number of rotatable bonds is 2. The first-order chi connectivity index (χ1) is 8.47. The Morgan fingerprint density at radius 1 is 1.33 bits per heavy atom. The molecular weight excluding hydrogens is 273 g/mol. The Morgan fingerprint density at radius 3 is 2.72 bits per heavy atom. The summed E-state index contributed by atoms with van der Waals surface area (Å²) in [4.78, 5) is 14.8. The average molecular weight is 282 g/mol. The van der Waals surface area contributed by atoms with E-state index in [4.69, 9.17) is 28.3 Å². The van der Waals surface area contributed by atoms with Crippen molar-refractivity contribution in [2.75, 3.05) is 0 Å². The largest absolute Gasteiger partial charge is 0.478 e. The summed E-state index contributed by atoms with van der Waals surface area (Å²) >= 11 is 12.0. The van der Waals surface area contributed by atoms with Gasteiger partial charge in [-0.25, -0.2) is 9.78 Å². The molecule has 0 radical (unpaired) electrons. The van der Waals surface area contributed by atoms with Crippen molar-refractivity contribution in [2.24, 2.45) is 0 Å². The molecule has 1 aromatic heterocycles. The lowest BCUT2D eigenvalue weighted by atomic mass is 10.1. The molecule has 0 unspecified atom stereocenters. The summed E-state index contributed by atoms with van der Waals surface area (Å²) in [5.41, 5.74) is 2.13. The zero-order chi connectivity index (χ0) is 13.3. The number of fused-ring (bicyclic) bond motifs is 1. The molecule has 0 saturated carbocycles. The number of carbonyl (C=O) groups is 1. The highest BCUT2D eigenvalue weighted by atomic mass is 35.5. The summed E-state index contributed by atoms with van der Waals surface area (Å²) in [5, 5.41) is 10.5. The van der Waals surface area contributed by atoms with Crippen LogP contribution in [0.15, 0.2) is 24.3 Å². The van der Waals surface area contributed by atoms with E-state index in [1.54, 1.807) is 18.2 Å². The zero-order valence-corrected chi connectivity index (χ0v) is 11.0. The molecule has 0 amide bonds. The van der Waals surface area contributed by atoms with Crippen molar-refractivity contribution in [1.82, 2.24) is 4.98 Å². The van der Waals surface area contributed by atoms with Crippen LogP contribution in [-0.4, -0.2) is 16.1 Å². The second kappa shape index (κ2) is 4.96. The van der Waals surface area contributed by atoms with Gasteiger partial charge in [-0.05, 0) is 36.8 Å². The van der Waals surface area contributed by atoms with Crippen LogP contribution in [0.25, 0.3) is 17.0 Å². The van der Waals surface area contributed by atoms with E-state index < -0.39 is 5.97 Å². The fraction of sp³-hybridized carbons (Fsp3) is 0.0769. The number of pyridine rings is 1. The Balaban J connectivity index is 2.65. The molecule has 0 saturated heterocycles. The molecule has 1 aromatic carbocycles. The van der Waals surface area contributed by atoms with Crippen LogP contribution in [0.4, 0.5) is 0 Å². The van der Waals surface area contributed by atoms with Crippen LogP contribution in [0, 0.1) is 6.92 Å². The van der Waals surface area contributed by atoms with Gasteiger partial charge in [-0.3, -0.25) is 0 Å². The SMILES string of the molecule is Cc1cc(/C=C/C(=O)O)nc2cc(Cl)cc(Cl)c12. The van der Waals surface area contributed by atoms with Crippen molar-refractivity contribution in [3.8, 4) is 0 Å². The van der Waals surface area contributed by atoms with Gasteiger partial charge in [0.15, 0.2) is 0 Å². The van der Waals surface area contributed by atoms with Gasteiger partial charge in [0.25, 0.3) is 0 Å². The van der Waals surface area contributed by atoms with Gasteiger partial charge in [-0.2, -0.15) is 0 Å². The Hall–Kier alpha value is -1.58. The highest BCUT2D eigenvalue weighted by Gasteiger charge is 2.07. The molecule has 0 aliphatic carbocycles. The Labute approximate surface area is 114 Å². The number of aryl methyl sites for hydroxylation is 1. The minimum absolute atomic E-state index is 0.499. The molecule has 0 bridgehead atoms. The van der Waals surface area contributed by atoms with E-state index >= 15 is 0 Å². The lowest BCUT2D eigenvalue weighted by Crippen LogP contribution is -1.91. The fourth-order valence-electron chi connectivity index (χ4n) is 1.75. The first-order valence-electron chi connectivity index (χ1n) is 5.15. The average Bonchev–Trinajstić information content (AvgIpc) is 2.24. The third-order valence-corrected chi connectivity index (χ3v) is 2.96. The topological polar surface area (TPSA) is 50.2 Å². The summed E-state index contributed by atoms with van der Waals surface area (Å²) in [5.74, 6) is -1.02. The number of halogens is 2. The van der Waals surface area contributed by atoms with E-state index in [-0.39, 0.29) is 0 Å². The first kappa shape index (κ1) is 12.9. The van der Waals surface area contributed by atoms with Gasteiger partial charge in [-0.1, -0.05) is 23.2 Å². The second-order valence-electron chi connectivity index (χ2n) is 3.82. The summed E-state index contributed by atoms with van der Waals surface area (Å²) < 4.78 is 0. The van der Waals surface area contributed by atoms with Gasteiger partial charge in [0.2, 0.25) is 0 Å². The monoisotopic (exact) mass is 281 g/mol. The zero-order valence-electron chi connectivity index (χ0n) is 9.45. The number of carboxylic acids is 1.